The summed E-state index contributed by atoms with van der Waals surface area (Å²) < 4.78 is 5.46. The lowest BCUT2D eigenvalue weighted by atomic mass is 9.83. The molecule has 1 fully saturated rings. The standard InChI is InChI=1S/C17H31N3O/c1-12(2)14(10-11-18)8-9-16-19-17(20-21-16)15-6-4-13(3)5-7-15/h12-15H,4-11,18H2,1-3H3. The first-order valence-corrected chi connectivity index (χ1v) is 8.62. The summed E-state index contributed by atoms with van der Waals surface area (Å²) in [5.74, 6) is 4.44. The number of aryl methyl sites for hydroxylation is 1. The molecule has 1 aromatic heterocycles. The zero-order valence-corrected chi connectivity index (χ0v) is 13.8. The second-order valence-corrected chi connectivity index (χ2v) is 7.12. The predicted molar refractivity (Wildman–Crippen MR) is 85.0 cm³/mol. The van der Waals surface area contributed by atoms with Gasteiger partial charge in [0, 0.05) is 12.3 Å². The molecule has 0 spiro atoms. The summed E-state index contributed by atoms with van der Waals surface area (Å²) in [6.45, 7) is 7.63. The molecule has 4 heteroatoms. The highest BCUT2D eigenvalue weighted by Gasteiger charge is 2.24. The van der Waals surface area contributed by atoms with Crippen LogP contribution in [-0.2, 0) is 6.42 Å². The van der Waals surface area contributed by atoms with Gasteiger partial charge in [-0.15, -0.1) is 0 Å². The van der Waals surface area contributed by atoms with Gasteiger partial charge in [-0.3, -0.25) is 0 Å². The normalized spacial score (nSPS) is 24.4. The Morgan fingerprint density at radius 3 is 2.52 bits per heavy atom. The van der Waals surface area contributed by atoms with Crippen molar-refractivity contribution in [1.82, 2.24) is 10.1 Å². The molecule has 120 valence electrons. The van der Waals surface area contributed by atoms with Crippen molar-refractivity contribution in [2.75, 3.05) is 6.54 Å². The van der Waals surface area contributed by atoms with Crippen molar-refractivity contribution in [2.24, 2.45) is 23.5 Å². The lowest BCUT2D eigenvalue weighted by Gasteiger charge is -2.23. The number of rotatable bonds is 7. The molecule has 21 heavy (non-hydrogen) atoms. The van der Waals surface area contributed by atoms with E-state index >= 15 is 0 Å². The van der Waals surface area contributed by atoms with Crippen molar-refractivity contribution in [1.29, 1.82) is 0 Å². The van der Waals surface area contributed by atoms with Gasteiger partial charge in [-0.05, 0) is 50.0 Å². The molecule has 0 bridgehead atoms. The van der Waals surface area contributed by atoms with Crippen molar-refractivity contribution >= 4 is 0 Å². The van der Waals surface area contributed by atoms with Crippen LogP contribution in [0.1, 0.15) is 76.9 Å². The van der Waals surface area contributed by atoms with Crippen LogP contribution in [0.15, 0.2) is 4.52 Å². The van der Waals surface area contributed by atoms with Crippen LogP contribution < -0.4 is 5.73 Å². The lowest BCUT2D eigenvalue weighted by Crippen LogP contribution is -2.15. The third kappa shape index (κ3) is 4.80. The molecule has 1 aliphatic carbocycles. The largest absolute Gasteiger partial charge is 0.339 e. The van der Waals surface area contributed by atoms with E-state index < -0.39 is 0 Å². The monoisotopic (exact) mass is 293 g/mol. The Balaban J connectivity index is 1.85. The van der Waals surface area contributed by atoms with Gasteiger partial charge in [0.05, 0.1) is 0 Å². The summed E-state index contributed by atoms with van der Waals surface area (Å²) in [5, 5.41) is 4.22. The second kappa shape index (κ2) is 7.92. The highest BCUT2D eigenvalue weighted by molar-refractivity contribution is 4.97. The lowest BCUT2D eigenvalue weighted by molar-refractivity contribution is 0.306. The molecule has 1 unspecified atom stereocenters. The van der Waals surface area contributed by atoms with E-state index in [1.807, 2.05) is 0 Å². The molecule has 1 aromatic rings. The SMILES string of the molecule is CC1CCC(c2noc(CCC(CCN)C(C)C)n2)CC1. The van der Waals surface area contributed by atoms with E-state index in [1.54, 1.807) is 0 Å². The molecule has 0 aliphatic heterocycles. The van der Waals surface area contributed by atoms with E-state index in [0.717, 1.165) is 43.4 Å². The molecule has 2 rings (SSSR count). The average molecular weight is 293 g/mol. The van der Waals surface area contributed by atoms with Crippen molar-refractivity contribution in [3.8, 4) is 0 Å². The quantitative estimate of drug-likeness (QED) is 0.827. The summed E-state index contributed by atoms with van der Waals surface area (Å²) in [5.41, 5.74) is 5.70. The predicted octanol–water partition coefficient (Wildman–Crippen LogP) is 3.92. The van der Waals surface area contributed by atoms with Gasteiger partial charge in [0.2, 0.25) is 5.89 Å². The van der Waals surface area contributed by atoms with Crippen LogP contribution >= 0.6 is 0 Å². The third-order valence-electron chi connectivity index (χ3n) is 5.07. The molecule has 0 radical (unpaired) electrons. The van der Waals surface area contributed by atoms with Crippen LogP contribution in [0.3, 0.4) is 0 Å². The van der Waals surface area contributed by atoms with Crippen molar-refractivity contribution < 1.29 is 4.52 Å². The van der Waals surface area contributed by atoms with Gasteiger partial charge in [0.15, 0.2) is 5.82 Å². The molecule has 2 N–H and O–H groups in total. The van der Waals surface area contributed by atoms with E-state index in [4.69, 9.17) is 10.3 Å². The maximum absolute atomic E-state index is 5.70. The number of hydrogen-bond donors (Lipinski definition) is 1. The molecule has 0 saturated heterocycles. The number of nitrogens with two attached hydrogens (primary N) is 1. The van der Waals surface area contributed by atoms with Crippen molar-refractivity contribution in [2.45, 2.75) is 71.6 Å². The Morgan fingerprint density at radius 1 is 1.19 bits per heavy atom. The fourth-order valence-electron chi connectivity index (χ4n) is 3.39. The minimum atomic E-state index is 0.517. The molecule has 0 aromatic carbocycles. The van der Waals surface area contributed by atoms with Crippen LogP contribution in [0.4, 0.5) is 0 Å². The van der Waals surface area contributed by atoms with Gasteiger partial charge >= 0.3 is 0 Å². The number of aromatic nitrogens is 2. The maximum atomic E-state index is 5.70. The Labute approximate surface area is 128 Å². The van der Waals surface area contributed by atoms with Crippen molar-refractivity contribution in [3.05, 3.63) is 11.7 Å². The molecule has 1 aliphatic rings. The third-order valence-corrected chi connectivity index (χ3v) is 5.07. The summed E-state index contributed by atoms with van der Waals surface area (Å²) >= 11 is 0. The highest BCUT2D eigenvalue weighted by atomic mass is 16.5. The average Bonchev–Trinajstić information content (AvgIpc) is 2.92. The zero-order chi connectivity index (χ0) is 15.2. The molecule has 0 amide bonds. The Morgan fingerprint density at radius 2 is 1.90 bits per heavy atom. The molecule has 1 saturated carbocycles. The van der Waals surface area contributed by atoms with E-state index in [-0.39, 0.29) is 0 Å². The van der Waals surface area contributed by atoms with Gasteiger partial charge in [-0.1, -0.05) is 38.8 Å². The Bertz CT molecular complexity index is 408. The van der Waals surface area contributed by atoms with E-state index in [1.165, 1.54) is 25.7 Å². The van der Waals surface area contributed by atoms with Crippen LogP contribution in [0.2, 0.25) is 0 Å². The van der Waals surface area contributed by atoms with Crippen LogP contribution in [0, 0.1) is 17.8 Å². The van der Waals surface area contributed by atoms with E-state index in [0.29, 0.717) is 17.8 Å². The van der Waals surface area contributed by atoms with Gasteiger partial charge in [0.25, 0.3) is 0 Å². The first kappa shape index (κ1) is 16.5. The van der Waals surface area contributed by atoms with Gasteiger partial charge in [0.1, 0.15) is 0 Å². The zero-order valence-electron chi connectivity index (χ0n) is 13.8. The molecule has 4 nitrogen and oxygen atoms in total. The smallest absolute Gasteiger partial charge is 0.226 e. The first-order chi connectivity index (χ1) is 10.1. The van der Waals surface area contributed by atoms with Gasteiger partial charge in [-0.25, -0.2) is 0 Å². The molecular formula is C17H31N3O. The summed E-state index contributed by atoms with van der Waals surface area (Å²) in [6.07, 6.45) is 8.07. The van der Waals surface area contributed by atoms with E-state index in [2.05, 4.69) is 30.9 Å². The summed E-state index contributed by atoms with van der Waals surface area (Å²) in [4.78, 5) is 4.64. The Hall–Kier alpha value is -0.900. The number of nitrogens with zero attached hydrogens (tertiary/aromatic N) is 2. The number of hydrogen-bond acceptors (Lipinski definition) is 4. The fourth-order valence-corrected chi connectivity index (χ4v) is 3.39. The Kier molecular flexibility index (Phi) is 6.22. The molecular weight excluding hydrogens is 262 g/mol. The summed E-state index contributed by atoms with van der Waals surface area (Å²) in [7, 11) is 0. The van der Waals surface area contributed by atoms with E-state index in [9.17, 15) is 0 Å². The topological polar surface area (TPSA) is 64.9 Å². The van der Waals surface area contributed by atoms with Gasteiger partial charge < -0.3 is 10.3 Å². The maximum Gasteiger partial charge on any atom is 0.226 e. The highest BCUT2D eigenvalue weighted by Crippen LogP contribution is 2.34. The molecule has 1 heterocycles. The van der Waals surface area contributed by atoms with Crippen molar-refractivity contribution in [3.63, 3.8) is 0 Å². The second-order valence-electron chi connectivity index (χ2n) is 7.12. The fraction of sp³-hybridized carbons (Fsp3) is 0.882. The molecule has 1 atom stereocenters. The van der Waals surface area contributed by atoms with Gasteiger partial charge in [-0.2, -0.15) is 4.98 Å². The first-order valence-electron chi connectivity index (χ1n) is 8.62. The van der Waals surface area contributed by atoms with Crippen LogP contribution in [-0.4, -0.2) is 16.7 Å². The van der Waals surface area contributed by atoms with Crippen LogP contribution in [0.5, 0.6) is 0 Å². The minimum Gasteiger partial charge on any atom is -0.339 e. The summed E-state index contributed by atoms with van der Waals surface area (Å²) in [6, 6.07) is 0. The minimum absolute atomic E-state index is 0.517. The van der Waals surface area contributed by atoms with Crippen LogP contribution in [0.25, 0.3) is 0 Å².